The van der Waals surface area contributed by atoms with E-state index in [1.54, 1.807) is 11.0 Å². The Balaban J connectivity index is 1.62. The largest absolute Gasteiger partial charge is 0.351 e. The van der Waals surface area contributed by atoms with Crippen molar-refractivity contribution >= 4 is 29.1 Å². The van der Waals surface area contributed by atoms with Crippen LogP contribution in [0.15, 0.2) is 48.5 Å². The number of rotatable bonds is 5. The Kier molecular flexibility index (Phi) is 5.39. The fourth-order valence-corrected chi connectivity index (χ4v) is 3.24. The van der Waals surface area contributed by atoms with Gasteiger partial charge in [-0.2, -0.15) is 0 Å². The Labute approximate surface area is 152 Å². The van der Waals surface area contributed by atoms with Crippen molar-refractivity contribution in [3.8, 4) is 0 Å². The van der Waals surface area contributed by atoms with Gasteiger partial charge < -0.3 is 10.2 Å². The number of carbonyl (C=O) groups is 2. The molecule has 0 aromatic heterocycles. The van der Waals surface area contributed by atoms with Crippen LogP contribution < -0.4 is 10.2 Å². The normalized spacial score (nSPS) is 17.0. The highest BCUT2D eigenvalue weighted by molar-refractivity contribution is 6.31. The van der Waals surface area contributed by atoms with Gasteiger partial charge >= 0.3 is 0 Å². The Morgan fingerprint density at radius 2 is 1.92 bits per heavy atom. The van der Waals surface area contributed by atoms with Gasteiger partial charge in [-0.1, -0.05) is 48.9 Å². The molecule has 1 aliphatic rings. The zero-order valence-electron chi connectivity index (χ0n) is 14.2. The molecule has 4 nitrogen and oxygen atoms in total. The van der Waals surface area contributed by atoms with Crippen LogP contribution in [0, 0.1) is 5.92 Å². The molecule has 2 aromatic carbocycles. The van der Waals surface area contributed by atoms with E-state index in [9.17, 15) is 9.59 Å². The van der Waals surface area contributed by atoms with Gasteiger partial charge in [0.05, 0.1) is 0 Å². The molecular formula is C20H21ClN2O2. The summed E-state index contributed by atoms with van der Waals surface area (Å²) in [5.41, 5.74) is 2.92. The van der Waals surface area contributed by atoms with Gasteiger partial charge in [-0.15, -0.1) is 0 Å². The predicted octanol–water partition coefficient (Wildman–Crippen LogP) is 3.57. The Morgan fingerprint density at radius 3 is 2.60 bits per heavy atom. The molecular weight excluding hydrogens is 336 g/mol. The summed E-state index contributed by atoms with van der Waals surface area (Å²) in [6, 6.07) is 15.3. The molecule has 0 aliphatic carbocycles. The van der Waals surface area contributed by atoms with Gasteiger partial charge in [-0.25, -0.2) is 0 Å². The second-order valence-electron chi connectivity index (χ2n) is 6.16. The molecule has 1 unspecified atom stereocenters. The molecule has 1 atom stereocenters. The first-order chi connectivity index (χ1) is 12.1. The topological polar surface area (TPSA) is 49.4 Å². The van der Waals surface area contributed by atoms with Crippen LogP contribution in [0.1, 0.15) is 24.5 Å². The quantitative estimate of drug-likeness (QED) is 0.832. The number of amides is 2. The minimum Gasteiger partial charge on any atom is -0.351 e. The van der Waals surface area contributed by atoms with Gasteiger partial charge in [0.15, 0.2) is 0 Å². The van der Waals surface area contributed by atoms with Crippen LogP contribution in [0.2, 0.25) is 5.02 Å². The van der Waals surface area contributed by atoms with Crippen molar-refractivity contribution in [2.75, 3.05) is 11.4 Å². The highest BCUT2D eigenvalue weighted by atomic mass is 35.5. The number of anilines is 1. The van der Waals surface area contributed by atoms with Crippen molar-refractivity contribution in [1.29, 1.82) is 0 Å². The van der Waals surface area contributed by atoms with Gasteiger partial charge in [0.2, 0.25) is 11.8 Å². The van der Waals surface area contributed by atoms with Gasteiger partial charge in [-0.3, -0.25) is 9.59 Å². The molecule has 0 saturated carbocycles. The standard InChI is InChI=1S/C20H21ClN2O2/c1-2-14-7-9-16(10-8-14)23-12-11-17(20(23)25)19(24)22-13-15-5-3-4-6-18(15)21/h3-10,17H,2,11-13H2,1H3,(H,22,24). The van der Waals surface area contributed by atoms with E-state index in [2.05, 4.69) is 12.2 Å². The van der Waals surface area contributed by atoms with Crippen molar-refractivity contribution in [3.63, 3.8) is 0 Å². The highest BCUT2D eigenvalue weighted by Crippen LogP contribution is 2.26. The number of benzene rings is 2. The molecule has 25 heavy (non-hydrogen) atoms. The summed E-state index contributed by atoms with van der Waals surface area (Å²) in [6.45, 7) is 2.98. The zero-order chi connectivity index (χ0) is 17.8. The molecule has 1 saturated heterocycles. The lowest BCUT2D eigenvalue weighted by Crippen LogP contribution is -2.36. The van der Waals surface area contributed by atoms with Crippen LogP contribution in [-0.2, 0) is 22.6 Å². The molecule has 0 radical (unpaired) electrons. The highest BCUT2D eigenvalue weighted by Gasteiger charge is 2.37. The smallest absolute Gasteiger partial charge is 0.239 e. The SMILES string of the molecule is CCc1ccc(N2CCC(C(=O)NCc3ccccc3Cl)C2=O)cc1. The lowest BCUT2D eigenvalue weighted by atomic mass is 10.1. The average Bonchev–Trinajstić information content (AvgIpc) is 3.02. The molecule has 1 heterocycles. The second-order valence-corrected chi connectivity index (χ2v) is 6.57. The molecule has 0 bridgehead atoms. The lowest BCUT2D eigenvalue weighted by molar-refractivity contribution is -0.132. The fraction of sp³-hybridized carbons (Fsp3) is 0.300. The van der Waals surface area contributed by atoms with Crippen LogP contribution in [0.25, 0.3) is 0 Å². The minimum absolute atomic E-state index is 0.138. The number of carbonyl (C=O) groups excluding carboxylic acids is 2. The first-order valence-corrected chi connectivity index (χ1v) is 8.89. The number of nitrogens with zero attached hydrogens (tertiary/aromatic N) is 1. The fourth-order valence-electron chi connectivity index (χ4n) is 3.04. The zero-order valence-corrected chi connectivity index (χ0v) is 14.9. The van der Waals surface area contributed by atoms with E-state index in [4.69, 9.17) is 11.6 Å². The Morgan fingerprint density at radius 1 is 1.20 bits per heavy atom. The maximum Gasteiger partial charge on any atom is 0.239 e. The molecule has 2 aromatic rings. The maximum atomic E-state index is 12.6. The molecule has 1 N–H and O–H groups in total. The van der Waals surface area contributed by atoms with Crippen molar-refractivity contribution < 1.29 is 9.59 Å². The number of hydrogen-bond donors (Lipinski definition) is 1. The molecule has 1 aliphatic heterocycles. The summed E-state index contributed by atoms with van der Waals surface area (Å²) in [5, 5.41) is 3.44. The summed E-state index contributed by atoms with van der Waals surface area (Å²) in [6.07, 6.45) is 1.49. The van der Waals surface area contributed by atoms with Crippen molar-refractivity contribution in [2.24, 2.45) is 5.92 Å². The monoisotopic (exact) mass is 356 g/mol. The summed E-state index contributed by atoms with van der Waals surface area (Å²) < 4.78 is 0. The summed E-state index contributed by atoms with van der Waals surface area (Å²) in [5.74, 6) is -1.01. The number of aryl methyl sites for hydroxylation is 1. The minimum atomic E-state index is -0.631. The third-order valence-corrected chi connectivity index (χ3v) is 4.96. The number of hydrogen-bond acceptors (Lipinski definition) is 2. The number of halogens is 1. The molecule has 3 rings (SSSR count). The molecule has 130 valence electrons. The van der Waals surface area contributed by atoms with Crippen LogP contribution in [0.4, 0.5) is 5.69 Å². The summed E-state index contributed by atoms with van der Waals surface area (Å²) >= 11 is 6.10. The average molecular weight is 357 g/mol. The maximum absolute atomic E-state index is 12.6. The van der Waals surface area contributed by atoms with Crippen molar-refractivity contribution in [3.05, 3.63) is 64.7 Å². The first-order valence-electron chi connectivity index (χ1n) is 8.51. The van der Waals surface area contributed by atoms with E-state index in [0.29, 0.717) is 24.5 Å². The molecule has 0 spiro atoms. The first kappa shape index (κ1) is 17.5. The van der Waals surface area contributed by atoms with Crippen LogP contribution in [-0.4, -0.2) is 18.4 Å². The Hall–Kier alpha value is -2.33. The number of nitrogens with one attached hydrogen (secondary N) is 1. The van der Waals surface area contributed by atoms with Gasteiger partial charge in [0.1, 0.15) is 5.92 Å². The van der Waals surface area contributed by atoms with E-state index in [-0.39, 0.29) is 11.8 Å². The van der Waals surface area contributed by atoms with Gasteiger partial charge in [0.25, 0.3) is 0 Å². The third-order valence-electron chi connectivity index (χ3n) is 4.59. The molecule has 5 heteroatoms. The van der Waals surface area contributed by atoms with Crippen molar-refractivity contribution in [1.82, 2.24) is 5.32 Å². The second kappa shape index (κ2) is 7.70. The molecule has 1 fully saturated rings. The summed E-state index contributed by atoms with van der Waals surface area (Å²) in [7, 11) is 0. The van der Waals surface area contributed by atoms with Crippen LogP contribution in [0.5, 0.6) is 0 Å². The Bertz CT molecular complexity index is 774. The lowest BCUT2D eigenvalue weighted by Gasteiger charge is -2.17. The van der Waals surface area contributed by atoms with Crippen molar-refractivity contribution in [2.45, 2.75) is 26.3 Å². The van der Waals surface area contributed by atoms with E-state index in [0.717, 1.165) is 17.7 Å². The predicted molar refractivity (Wildman–Crippen MR) is 99.6 cm³/mol. The van der Waals surface area contributed by atoms with Gasteiger partial charge in [-0.05, 0) is 42.2 Å². The third kappa shape index (κ3) is 3.85. The van der Waals surface area contributed by atoms with Crippen LogP contribution >= 0.6 is 11.6 Å². The van der Waals surface area contributed by atoms with E-state index in [1.165, 1.54) is 5.56 Å². The van der Waals surface area contributed by atoms with E-state index < -0.39 is 5.92 Å². The van der Waals surface area contributed by atoms with E-state index >= 15 is 0 Å². The van der Waals surface area contributed by atoms with Crippen LogP contribution in [0.3, 0.4) is 0 Å². The van der Waals surface area contributed by atoms with E-state index in [1.807, 2.05) is 42.5 Å². The van der Waals surface area contributed by atoms with Gasteiger partial charge in [0, 0.05) is 23.8 Å². The molecule has 2 amide bonds. The summed E-state index contributed by atoms with van der Waals surface area (Å²) in [4.78, 5) is 26.7.